The van der Waals surface area contributed by atoms with E-state index < -0.39 is 5.97 Å². The molecule has 174 valence electrons. The maximum atomic E-state index is 12.5. The summed E-state index contributed by atoms with van der Waals surface area (Å²) in [5.41, 5.74) is 2.01. The molecule has 0 atom stereocenters. The Bertz CT molecular complexity index is 1050. The van der Waals surface area contributed by atoms with E-state index in [4.69, 9.17) is 14.2 Å². The van der Waals surface area contributed by atoms with E-state index in [1.165, 1.54) is 11.3 Å². The molecule has 1 N–H and O–H groups in total. The van der Waals surface area contributed by atoms with Crippen LogP contribution in [0.1, 0.15) is 46.9 Å². The van der Waals surface area contributed by atoms with Gasteiger partial charge in [-0.05, 0) is 37.1 Å². The molecule has 0 aliphatic carbocycles. The van der Waals surface area contributed by atoms with Crippen LogP contribution in [0.2, 0.25) is 0 Å². The summed E-state index contributed by atoms with van der Waals surface area (Å²) in [6, 6.07) is 14.7. The van der Waals surface area contributed by atoms with Crippen molar-refractivity contribution in [3.05, 3.63) is 75.7 Å². The van der Waals surface area contributed by atoms with E-state index in [9.17, 15) is 9.59 Å². The lowest BCUT2D eigenvalue weighted by atomic mass is 10.2. The number of hydrogen-bond acceptors (Lipinski definition) is 7. The SMILES string of the molecule is CCCOc1ccc(C(=O)OCc2csc(CC(=O)NCc3ccccc3)n2)cc1OCC. The lowest BCUT2D eigenvalue weighted by Gasteiger charge is -2.12. The summed E-state index contributed by atoms with van der Waals surface area (Å²) in [5.74, 6) is 0.529. The minimum Gasteiger partial charge on any atom is -0.490 e. The van der Waals surface area contributed by atoms with Crippen molar-refractivity contribution in [3.63, 3.8) is 0 Å². The van der Waals surface area contributed by atoms with E-state index in [1.807, 2.05) is 44.2 Å². The molecule has 1 amide bonds. The molecule has 0 bridgehead atoms. The number of hydrogen-bond donors (Lipinski definition) is 1. The summed E-state index contributed by atoms with van der Waals surface area (Å²) in [4.78, 5) is 29.1. The first-order valence-corrected chi connectivity index (χ1v) is 11.8. The Hall–Kier alpha value is -3.39. The van der Waals surface area contributed by atoms with Crippen LogP contribution in [0.5, 0.6) is 11.5 Å². The number of aromatic nitrogens is 1. The zero-order valence-corrected chi connectivity index (χ0v) is 19.7. The number of benzene rings is 2. The van der Waals surface area contributed by atoms with Crippen molar-refractivity contribution in [2.45, 2.75) is 39.8 Å². The summed E-state index contributed by atoms with van der Waals surface area (Å²) >= 11 is 1.37. The van der Waals surface area contributed by atoms with Gasteiger partial charge in [0.05, 0.1) is 30.9 Å². The molecule has 0 aliphatic heterocycles. The average Bonchev–Trinajstić information content (AvgIpc) is 3.28. The molecule has 0 aliphatic rings. The molecule has 0 saturated carbocycles. The van der Waals surface area contributed by atoms with Crippen LogP contribution >= 0.6 is 11.3 Å². The van der Waals surface area contributed by atoms with Crippen molar-refractivity contribution in [1.29, 1.82) is 0 Å². The number of esters is 1. The van der Waals surface area contributed by atoms with E-state index in [0.717, 1.165) is 12.0 Å². The summed E-state index contributed by atoms with van der Waals surface area (Å²) in [5, 5.41) is 5.34. The third-order valence-electron chi connectivity index (χ3n) is 4.54. The molecule has 7 nitrogen and oxygen atoms in total. The fraction of sp³-hybridized carbons (Fsp3) is 0.320. The highest BCUT2D eigenvalue weighted by molar-refractivity contribution is 7.09. The van der Waals surface area contributed by atoms with Crippen LogP contribution in [0.3, 0.4) is 0 Å². The Morgan fingerprint density at radius 2 is 1.85 bits per heavy atom. The molecular weight excluding hydrogens is 440 g/mol. The maximum absolute atomic E-state index is 12.5. The molecule has 1 aromatic heterocycles. The molecule has 2 aromatic carbocycles. The van der Waals surface area contributed by atoms with Crippen LogP contribution in [-0.2, 0) is 29.1 Å². The third-order valence-corrected chi connectivity index (χ3v) is 5.43. The highest BCUT2D eigenvalue weighted by atomic mass is 32.1. The number of thiazole rings is 1. The van der Waals surface area contributed by atoms with E-state index in [-0.39, 0.29) is 18.9 Å². The highest BCUT2D eigenvalue weighted by Gasteiger charge is 2.14. The van der Waals surface area contributed by atoms with Gasteiger partial charge in [-0.25, -0.2) is 9.78 Å². The van der Waals surface area contributed by atoms with Gasteiger partial charge in [-0.1, -0.05) is 37.3 Å². The molecule has 0 spiro atoms. The van der Waals surface area contributed by atoms with Crippen molar-refractivity contribution in [2.24, 2.45) is 0 Å². The molecule has 0 unspecified atom stereocenters. The first-order chi connectivity index (χ1) is 16.1. The lowest BCUT2D eigenvalue weighted by Crippen LogP contribution is -2.24. The number of carbonyl (C=O) groups is 2. The molecule has 3 aromatic rings. The smallest absolute Gasteiger partial charge is 0.338 e. The standard InChI is InChI=1S/C25H28N2O5S/c1-3-12-31-21-11-10-19(13-22(21)30-4-2)25(29)32-16-20-17-33-24(27-20)14-23(28)26-15-18-8-6-5-7-9-18/h5-11,13,17H,3-4,12,14-16H2,1-2H3,(H,26,28). The number of carbonyl (C=O) groups excluding carboxylic acids is 2. The number of nitrogens with one attached hydrogen (secondary N) is 1. The van der Waals surface area contributed by atoms with Gasteiger partial charge in [-0.3, -0.25) is 4.79 Å². The van der Waals surface area contributed by atoms with Gasteiger partial charge in [0.15, 0.2) is 11.5 Å². The summed E-state index contributed by atoms with van der Waals surface area (Å²) in [7, 11) is 0. The fourth-order valence-corrected chi connectivity index (χ4v) is 3.73. The number of nitrogens with zero attached hydrogens (tertiary/aromatic N) is 1. The Labute approximate surface area is 197 Å². The fourth-order valence-electron chi connectivity index (χ4n) is 2.95. The molecule has 1 heterocycles. The van der Waals surface area contributed by atoms with Gasteiger partial charge in [0.2, 0.25) is 5.91 Å². The Morgan fingerprint density at radius 1 is 1.03 bits per heavy atom. The van der Waals surface area contributed by atoms with Gasteiger partial charge < -0.3 is 19.5 Å². The molecule has 0 fully saturated rings. The largest absolute Gasteiger partial charge is 0.490 e. The van der Waals surface area contributed by atoms with Crippen molar-refractivity contribution in [1.82, 2.24) is 10.3 Å². The van der Waals surface area contributed by atoms with E-state index >= 15 is 0 Å². The zero-order chi connectivity index (χ0) is 23.5. The normalized spacial score (nSPS) is 10.5. The van der Waals surface area contributed by atoms with E-state index in [2.05, 4.69) is 10.3 Å². The van der Waals surface area contributed by atoms with Gasteiger partial charge in [-0.15, -0.1) is 11.3 Å². The highest BCUT2D eigenvalue weighted by Crippen LogP contribution is 2.29. The van der Waals surface area contributed by atoms with Crippen molar-refractivity contribution in [3.8, 4) is 11.5 Å². The average molecular weight is 469 g/mol. The molecule has 0 saturated heterocycles. The minimum atomic E-state index is -0.479. The Morgan fingerprint density at radius 3 is 2.61 bits per heavy atom. The second-order valence-corrected chi connectivity index (χ2v) is 8.13. The van der Waals surface area contributed by atoms with Gasteiger partial charge in [0.1, 0.15) is 11.6 Å². The van der Waals surface area contributed by atoms with Crippen LogP contribution in [0.4, 0.5) is 0 Å². The predicted molar refractivity (Wildman–Crippen MR) is 127 cm³/mol. The topological polar surface area (TPSA) is 86.8 Å². The molecular formula is C25H28N2O5S. The van der Waals surface area contributed by atoms with Crippen LogP contribution in [-0.4, -0.2) is 30.1 Å². The van der Waals surface area contributed by atoms with Gasteiger partial charge >= 0.3 is 5.97 Å². The molecule has 33 heavy (non-hydrogen) atoms. The number of ether oxygens (including phenoxy) is 3. The Balaban J connectivity index is 1.50. The first kappa shape index (κ1) is 24.3. The van der Waals surface area contributed by atoms with Crippen LogP contribution in [0.15, 0.2) is 53.9 Å². The summed E-state index contributed by atoms with van der Waals surface area (Å²) in [6.45, 7) is 5.42. The maximum Gasteiger partial charge on any atom is 0.338 e. The van der Waals surface area contributed by atoms with Crippen LogP contribution in [0, 0.1) is 0 Å². The molecule has 3 rings (SSSR count). The minimum absolute atomic E-state index is 0.0268. The van der Waals surface area contributed by atoms with Gasteiger partial charge in [0.25, 0.3) is 0 Å². The van der Waals surface area contributed by atoms with Crippen LogP contribution < -0.4 is 14.8 Å². The quantitative estimate of drug-likeness (QED) is 0.393. The Kier molecular flexibility index (Phi) is 9.26. The predicted octanol–water partition coefficient (Wildman–Crippen LogP) is 4.55. The second kappa shape index (κ2) is 12.6. The summed E-state index contributed by atoms with van der Waals surface area (Å²) in [6.07, 6.45) is 1.06. The van der Waals surface area contributed by atoms with Gasteiger partial charge in [-0.2, -0.15) is 0 Å². The first-order valence-electron chi connectivity index (χ1n) is 10.9. The van der Waals surface area contributed by atoms with E-state index in [0.29, 0.717) is 47.5 Å². The van der Waals surface area contributed by atoms with Crippen molar-refractivity contribution >= 4 is 23.2 Å². The molecule has 8 heteroatoms. The van der Waals surface area contributed by atoms with Crippen molar-refractivity contribution in [2.75, 3.05) is 13.2 Å². The monoisotopic (exact) mass is 468 g/mol. The second-order valence-electron chi connectivity index (χ2n) is 7.19. The van der Waals surface area contributed by atoms with Gasteiger partial charge in [0, 0.05) is 11.9 Å². The number of rotatable bonds is 12. The van der Waals surface area contributed by atoms with E-state index in [1.54, 1.807) is 23.6 Å². The van der Waals surface area contributed by atoms with Crippen LogP contribution in [0.25, 0.3) is 0 Å². The number of amides is 1. The third kappa shape index (κ3) is 7.61. The zero-order valence-electron chi connectivity index (χ0n) is 18.8. The van der Waals surface area contributed by atoms with Crippen molar-refractivity contribution < 1.29 is 23.8 Å². The molecule has 0 radical (unpaired) electrons. The lowest BCUT2D eigenvalue weighted by molar-refractivity contribution is -0.120. The summed E-state index contributed by atoms with van der Waals surface area (Å²) < 4.78 is 16.7.